The van der Waals surface area contributed by atoms with Gasteiger partial charge in [0.2, 0.25) is 0 Å². The van der Waals surface area contributed by atoms with Gasteiger partial charge in [-0.1, -0.05) is 0 Å². The maximum atomic E-state index is 4.79. The summed E-state index contributed by atoms with van der Waals surface area (Å²) in [6.07, 6.45) is 9.34. The molecule has 27 heavy (non-hydrogen) atoms. The highest BCUT2D eigenvalue weighted by atomic mass is 15.4. The second-order valence-electron chi connectivity index (χ2n) is 6.76. The van der Waals surface area contributed by atoms with E-state index in [1.165, 1.54) is 5.69 Å². The zero-order valence-electron chi connectivity index (χ0n) is 14.8. The van der Waals surface area contributed by atoms with Crippen molar-refractivity contribution in [2.45, 2.75) is 18.8 Å². The van der Waals surface area contributed by atoms with Gasteiger partial charge in [-0.25, -0.2) is 0 Å². The molecule has 0 unspecified atom stereocenters. The molecule has 0 saturated carbocycles. The Morgan fingerprint density at radius 3 is 2.48 bits per heavy atom. The van der Waals surface area contributed by atoms with Crippen molar-refractivity contribution in [2.75, 3.05) is 18.0 Å². The average molecular weight is 357 g/mol. The van der Waals surface area contributed by atoms with E-state index < -0.39 is 0 Å². The van der Waals surface area contributed by atoms with Gasteiger partial charge in [0.25, 0.3) is 0 Å². The number of fused-ring (bicyclic) bond motifs is 1. The summed E-state index contributed by atoms with van der Waals surface area (Å²) in [5.41, 5.74) is 3.89. The molecular formula is C20H19N7. The summed E-state index contributed by atoms with van der Waals surface area (Å²) < 4.78 is 1.90. The molecule has 5 heterocycles. The number of nitrogens with zero attached hydrogens (tertiary/aromatic N) is 7. The largest absolute Gasteiger partial charge is 0.371 e. The van der Waals surface area contributed by atoms with Crippen molar-refractivity contribution >= 4 is 11.3 Å². The third-order valence-electron chi connectivity index (χ3n) is 5.13. The number of rotatable bonds is 3. The first kappa shape index (κ1) is 15.9. The molecular weight excluding hydrogens is 338 g/mol. The summed E-state index contributed by atoms with van der Waals surface area (Å²) in [5, 5.41) is 13.6. The molecule has 4 aromatic rings. The van der Waals surface area contributed by atoms with E-state index in [4.69, 9.17) is 5.10 Å². The van der Waals surface area contributed by atoms with E-state index in [0.29, 0.717) is 5.92 Å². The number of piperidine rings is 1. The minimum atomic E-state index is 0.356. The molecule has 0 amide bonds. The Bertz CT molecular complexity index is 1040. The van der Waals surface area contributed by atoms with Crippen LogP contribution >= 0.6 is 0 Å². The maximum absolute atomic E-state index is 4.79. The van der Waals surface area contributed by atoms with Crippen molar-refractivity contribution in [2.24, 2.45) is 0 Å². The molecule has 0 atom stereocenters. The Morgan fingerprint density at radius 1 is 0.852 bits per heavy atom. The van der Waals surface area contributed by atoms with E-state index >= 15 is 0 Å². The molecule has 0 bridgehead atoms. The maximum Gasteiger partial charge on any atom is 0.177 e. The molecule has 0 aromatic carbocycles. The monoisotopic (exact) mass is 357 g/mol. The second kappa shape index (κ2) is 6.75. The molecule has 5 rings (SSSR count). The van der Waals surface area contributed by atoms with Crippen molar-refractivity contribution in [1.82, 2.24) is 29.8 Å². The topological polar surface area (TPSA) is 72.1 Å². The van der Waals surface area contributed by atoms with E-state index in [0.717, 1.165) is 48.7 Å². The quantitative estimate of drug-likeness (QED) is 0.561. The van der Waals surface area contributed by atoms with Crippen molar-refractivity contribution in [3.63, 3.8) is 0 Å². The van der Waals surface area contributed by atoms with E-state index in [1.807, 2.05) is 47.4 Å². The summed E-state index contributed by atoms with van der Waals surface area (Å²) in [4.78, 5) is 10.7. The van der Waals surface area contributed by atoms with Crippen LogP contribution in [0.3, 0.4) is 0 Å². The van der Waals surface area contributed by atoms with Crippen LogP contribution in [0.4, 0.5) is 5.69 Å². The molecule has 1 aliphatic heterocycles. The normalized spacial score (nSPS) is 15.3. The number of hydrogen-bond acceptors (Lipinski definition) is 6. The Hall–Kier alpha value is -3.35. The predicted octanol–water partition coefficient (Wildman–Crippen LogP) is 2.97. The molecule has 0 spiro atoms. The lowest BCUT2D eigenvalue weighted by molar-refractivity contribution is 0.477. The predicted molar refractivity (Wildman–Crippen MR) is 102 cm³/mol. The van der Waals surface area contributed by atoms with Gasteiger partial charge in [-0.15, -0.1) is 10.2 Å². The third-order valence-corrected chi connectivity index (χ3v) is 5.13. The van der Waals surface area contributed by atoms with Crippen LogP contribution < -0.4 is 4.90 Å². The highest BCUT2D eigenvalue weighted by Gasteiger charge is 2.25. The summed E-state index contributed by atoms with van der Waals surface area (Å²) in [7, 11) is 0. The van der Waals surface area contributed by atoms with Crippen LogP contribution in [0.15, 0.2) is 61.2 Å². The lowest BCUT2D eigenvalue weighted by atomic mass is 9.96. The lowest BCUT2D eigenvalue weighted by Gasteiger charge is -2.32. The Balaban J connectivity index is 1.41. The molecule has 0 N–H and O–H groups in total. The van der Waals surface area contributed by atoms with Gasteiger partial charge in [0.1, 0.15) is 0 Å². The van der Waals surface area contributed by atoms with Crippen LogP contribution in [-0.2, 0) is 0 Å². The van der Waals surface area contributed by atoms with Gasteiger partial charge in [0, 0.05) is 55.0 Å². The smallest absolute Gasteiger partial charge is 0.177 e. The van der Waals surface area contributed by atoms with Crippen LogP contribution in [0.2, 0.25) is 0 Å². The lowest BCUT2D eigenvalue weighted by Crippen LogP contribution is -2.33. The fourth-order valence-electron chi connectivity index (χ4n) is 3.68. The van der Waals surface area contributed by atoms with Crippen LogP contribution in [0.1, 0.15) is 24.6 Å². The molecule has 1 aliphatic rings. The van der Waals surface area contributed by atoms with Crippen LogP contribution in [-0.4, -0.2) is 42.9 Å². The van der Waals surface area contributed by atoms with Crippen LogP contribution in [0.5, 0.6) is 0 Å². The van der Waals surface area contributed by atoms with Gasteiger partial charge in [-0.3, -0.25) is 9.97 Å². The molecule has 0 radical (unpaired) electrons. The number of pyridine rings is 2. The van der Waals surface area contributed by atoms with Gasteiger partial charge < -0.3 is 4.90 Å². The summed E-state index contributed by atoms with van der Waals surface area (Å²) >= 11 is 0. The zero-order valence-corrected chi connectivity index (χ0v) is 14.8. The number of anilines is 1. The SMILES string of the molecule is c1cncc(-c2ccc3nnc(C4CCN(c5ccncc5)CC4)n3n2)c1. The van der Waals surface area contributed by atoms with Gasteiger partial charge in [-0.2, -0.15) is 9.61 Å². The van der Waals surface area contributed by atoms with Gasteiger partial charge >= 0.3 is 0 Å². The molecule has 0 aliphatic carbocycles. The summed E-state index contributed by atoms with van der Waals surface area (Å²) in [6, 6.07) is 12.0. The Labute approximate surface area is 156 Å². The fourth-order valence-corrected chi connectivity index (χ4v) is 3.68. The van der Waals surface area contributed by atoms with E-state index in [2.05, 4.69) is 37.2 Å². The van der Waals surface area contributed by atoms with Crippen LogP contribution in [0, 0.1) is 0 Å². The number of aromatic nitrogens is 6. The minimum absolute atomic E-state index is 0.356. The van der Waals surface area contributed by atoms with Gasteiger partial charge in [0.15, 0.2) is 11.5 Å². The van der Waals surface area contributed by atoms with E-state index in [9.17, 15) is 0 Å². The fraction of sp³-hybridized carbons (Fsp3) is 0.250. The highest BCUT2D eigenvalue weighted by molar-refractivity contribution is 5.58. The zero-order chi connectivity index (χ0) is 18.1. The highest BCUT2D eigenvalue weighted by Crippen LogP contribution is 2.29. The van der Waals surface area contributed by atoms with Crippen molar-refractivity contribution in [1.29, 1.82) is 0 Å². The first-order chi connectivity index (χ1) is 13.4. The van der Waals surface area contributed by atoms with Crippen LogP contribution in [0.25, 0.3) is 16.9 Å². The molecule has 4 aromatic heterocycles. The van der Waals surface area contributed by atoms with Crippen molar-refractivity contribution < 1.29 is 0 Å². The molecule has 1 saturated heterocycles. The van der Waals surface area contributed by atoms with Crippen molar-refractivity contribution in [3.05, 3.63) is 67.0 Å². The molecule has 7 nitrogen and oxygen atoms in total. The van der Waals surface area contributed by atoms with E-state index in [1.54, 1.807) is 6.20 Å². The van der Waals surface area contributed by atoms with E-state index in [-0.39, 0.29) is 0 Å². The standard InChI is InChI=1S/C20H19N7/c1-2-16(14-22-9-1)18-3-4-19-23-24-20(27(19)25-18)15-7-12-26(13-8-15)17-5-10-21-11-6-17/h1-6,9-11,14-15H,7-8,12-13H2. The Morgan fingerprint density at radius 2 is 1.70 bits per heavy atom. The van der Waals surface area contributed by atoms with Gasteiger partial charge in [-0.05, 0) is 49.2 Å². The average Bonchev–Trinajstić information content (AvgIpc) is 3.18. The molecule has 134 valence electrons. The third kappa shape index (κ3) is 3.01. The Kier molecular flexibility index (Phi) is 3.97. The summed E-state index contributed by atoms with van der Waals surface area (Å²) in [6.45, 7) is 1.98. The molecule has 1 fully saturated rings. The number of hydrogen-bond donors (Lipinski definition) is 0. The first-order valence-corrected chi connectivity index (χ1v) is 9.16. The minimum Gasteiger partial charge on any atom is -0.371 e. The van der Waals surface area contributed by atoms with Gasteiger partial charge in [0.05, 0.1) is 5.69 Å². The first-order valence-electron chi connectivity index (χ1n) is 9.16. The summed E-state index contributed by atoms with van der Waals surface area (Å²) in [5.74, 6) is 1.31. The van der Waals surface area contributed by atoms with Crippen molar-refractivity contribution in [3.8, 4) is 11.3 Å². The second-order valence-corrected chi connectivity index (χ2v) is 6.76. The molecule has 7 heteroatoms.